The molecule has 0 radical (unpaired) electrons. The third-order valence-electron chi connectivity index (χ3n) is 2.31. The number of benzene rings is 1. The van der Waals surface area contributed by atoms with Crippen molar-refractivity contribution < 1.29 is 23.5 Å². The van der Waals surface area contributed by atoms with Crippen molar-refractivity contribution in [1.82, 2.24) is 4.90 Å². The van der Waals surface area contributed by atoms with Crippen molar-refractivity contribution in [2.24, 2.45) is 5.73 Å². The fourth-order valence-electron chi connectivity index (χ4n) is 1.33. The average molecular weight is 258 g/mol. The van der Waals surface area contributed by atoms with Crippen molar-refractivity contribution in [2.75, 3.05) is 7.05 Å². The van der Waals surface area contributed by atoms with Crippen molar-refractivity contribution in [3.05, 3.63) is 35.4 Å². The van der Waals surface area contributed by atoms with Gasteiger partial charge in [-0.25, -0.2) is 13.6 Å². The fraction of sp³-hybridized carbons (Fsp3) is 0.273. The van der Waals surface area contributed by atoms with E-state index in [0.717, 1.165) is 17.0 Å². The maximum atomic E-state index is 12.9. The van der Waals surface area contributed by atoms with Crippen LogP contribution in [0.1, 0.15) is 5.56 Å². The van der Waals surface area contributed by atoms with Gasteiger partial charge in [-0.05, 0) is 17.7 Å². The number of carbonyl (C=O) groups is 2. The van der Waals surface area contributed by atoms with Gasteiger partial charge in [-0.15, -0.1) is 0 Å². The van der Waals surface area contributed by atoms with Crippen LogP contribution < -0.4 is 5.73 Å². The highest BCUT2D eigenvalue weighted by molar-refractivity contribution is 6.00. The van der Waals surface area contributed by atoms with Crippen molar-refractivity contribution >= 4 is 11.9 Å². The van der Waals surface area contributed by atoms with Gasteiger partial charge in [0, 0.05) is 13.6 Å². The summed E-state index contributed by atoms with van der Waals surface area (Å²) in [6.07, 6.45) is 0. The van der Waals surface area contributed by atoms with Crippen LogP contribution in [0.2, 0.25) is 0 Å². The second-order valence-electron chi connectivity index (χ2n) is 3.76. The smallest absolute Gasteiger partial charge is 0.330 e. The summed E-state index contributed by atoms with van der Waals surface area (Å²) in [5.41, 5.74) is 5.48. The van der Waals surface area contributed by atoms with Gasteiger partial charge in [0.1, 0.15) is 0 Å². The van der Waals surface area contributed by atoms with Gasteiger partial charge >= 0.3 is 5.97 Å². The summed E-state index contributed by atoms with van der Waals surface area (Å²) < 4.78 is 25.6. The molecule has 0 spiro atoms. The highest BCUT2D eigenvalue weighted by Gasteiger charge is 2.24. The van der Waals surface area contributed by atoms with Gasteiger partial charge in [0.15, 0.2) is 17.7 Å². The SMILES string of the molecule is CN(Cc1ccc(F)c(F)c1)C(=O)C(N)C(=O)O. The molecule has 3 N–H and O–H groups in total. The van der Waals surface area contributed by atoms with Crippen molar-refractivity contribution in [3.8, 4) is 0 Å². The first kappa shape index (κ1) is 14.0. The average Bonchev–Trinajstić information content (AvgIpc) is 2.31. The largest absolute Gasteiger partial charge is 0.480 e. The van der Waals surface area contributed by atoms with Crippen LogP contribution in [-0.2, 0) is 16.1 Å². The number of rotatable bonds is 4. The number of nitrogens with zero attached hydrogens (tertiary/aromatic N) is 1. The van der Waals surface area contributed by atoms with Gasteiger partial charge in [0.25, 0.3) is 5.91 Å². The topological polar surface area (TPSA) is 83.6 Å². The molecule has 0 heterocycles. The van der Waals surface area contributed by atoms with Crippen LogP contribution in [0.5, 0.6) is 0 Å². The molecule has 1 rings (SSSR count). The van der Waals surface area contributed by atoms with Gasteiger partial charge in [-0.2, -0.15) is 0 Å². The number of hydrogen-bond donors (Lipinski definition) is 2. The molecule has 1 unspecified atom stereocenters. The minimum Gasteiger partial charge on any atom is -0.480 e. The van der Waals surface area contributed by atoms with E-state index in [1.807, 2.05) is 0 Å². The third kappa shape index (κ3) is 3.24. The van der Waals surface area contributed by atoms with Crippen LogP contribution in [-0.4, -0.2) is 35.0 Å². The molecular weight excluding hydrogens is 246 g/mol. The molecular formula is C11H12F2N2O3. The Balaban J connectivity index is 2.75. The second-order valence-corrected chi connectivity index (χ2v) is 3.76. The minimum absolute atomic E-state index is 0.0585. The Labute approximate surface area is 102 Å². The van der Waals surface area contributed by atoms with E-state index in [1.165, 1.54) is 13.1 Å². The van der Waals surface area contributed by atoms with E-state index in [0.29, 0.717) is 5.56 Å². The predicted octanol–water partition coefficient (Wildman–Crippen LogP) is 0.335. The first-order chi connectivity index (χ1) is 8.32. The number of likely N-dealkylation sites (N-methyl/N-ethyl adjacent to an activating group) is 1. The summed E-state index contributed by atoms with van der Waals surface area (Å²) in [4.78, 5) is 23.0. The van der Waals surface area contributed by atoms with Crippen molar-refractivity contribution in [2.45, 2.75) is 12.6 Å². The molecule has 0 aliphatic carbocycles. The molecule has 0 bridgehead atoms. The molecule has 0 aliphatic rings. The second kappa shape index (κ2) is 5.54. The molecule has 1 aromatic carbocycles. The summed E-state index contributed by atoms with van der Waals surface area (Å²) in [6.45, 7) is -0.0585. The van der Waals surface area contributed by atoms with Crippen molar-refractivity contribution in [1.29, 1.82) is 0 Å². The zero-order chi connectivity index (χ0) is 13.9. The minimum atomic E-state index is -1.67. The Hall–Kier alpha value is -2.02. The normalized spacial score (nSPS) is 12.0. The quantitative estimate of drug-likeness (QED) is 0.762. The molecule has 0 aliphatic heterocycles. The first-order valence-electron chi connectivity index (χ1n) is 5.00. The third-order valence-corrected chi connectivity index (χ3v) is 2.31. The predicted molar refractivity (Wildman–Crippen MR) is 58.4 cm³/mol. The summed E-state index contributed by atoms with van der Waals surface area (Å²) in [7, 11) is 1.33. The fourth-order valence-corrected chi connectivity index (χ4v) is 1.33. The molecule has 1 aromatic rings. The lowest BCUT2D eigenvalue weighted by molar-refractivity contribution is -0.146. The Kier molecular flexibility index (Phi) is 4.33. The van der Waals surface area contributed by atoms with Crippen LogP contribution in [0, 0.1) is 11.6 Å². The number of carboxylic acids is 1. The summed E-state index contributed by atoms with van der Waals surface area (Å²) in [6, 6.07) is 1.50. The number of amides is 1. The lowest BCUT2D eigenvalue weighted by Crippen LogP contribution is -2.46. The summed E-state index contributed by atoms with van der Waals surface area (Å²) in [5, 5.41) is 8.57. The number of halogens is 2. The van der Waals surface area contributed by atoms with Crippen LogP contribution >= 0.6 is 0 Å². The Morgan fingerprint density at radius 2 is 2.00 bits per heavy atom. The lowest BCUT2D eigenvalue weighted by Gasteiger charge is -2.19. The van der Waals surface area contributed by atoms with E-state index in [4.69, 9.17) is 10.8 Å². The maximum Gasteiger partial charge on any atom is 0.330 e. The molecule has 18 heavy (non-hydrogen) atoms. The number of aliphatic carboxylic acids is 1. The van der Waals surface area contributed by atoms with Gasteiger partial charge in [-0.3, -0.25) is 4.79 Å². The van der Waals surface area contributed by atoms with Crippen LogP contribution in [0.3, 0.4) is 0 Å². The highest BCUT2D eigenvalue weighted by Crippen LogP contribution is 2.10. The van der Waals surface area contributed by atoms with E-state index in [2.05, 4.69) is 0 Å². The lowest BCUT2D eigenvalue weighted by atomic mass is 10.2. The number of hydrogen-bond acceptors (Lipinski definition) is 3. The molecule has 1 atom stereocenters. The van der Waals surface area contributed by atoms with Gasteiger partial charge in [-0.1, -0.05) is 6.07 Å². The molecule has 0 aromatic heterocycles. The van der Waals surface area contributed by atoms with Gasteiger partial charge in [0.2, 0.25) is 0 Å². The number of nitrogens with two attached hydrogens (primary N) is 1. The molecule has 7 heteroatoms. The van der Waals surface area contributed by atoms with Gasteiger partial charge < -0.3 is 15.7 Å². The van der Waals surface area contributed by atoms with Crippen molar-refractivity contribution in [3.63, 3.8) is 0 Å². The number of carboxylic acid groups (broad SMARTS) is 1. The monoisotopic (exact) mass is 258 g/mol. The molecule has 5 nitrogen and oxygen atoms in total. The Morgan fingerprint density at radius 1 is 1.39 bits per heavy atom. The van der Waals surface area contributed by atoms with Crippen LogP contribution in [0.25, 0.3) is 0 Å². The van der Waals surface area contributed by atoms with E-state index in [-0.39, 0.29) is 6.54 Å². The molecule has 0 fully saturated rings. The van der Waals surface area contributed by atoms with E-state index >= 15 is 0 Å². The first-order valence-corrected chi connectivity index (χ1v) is 5.00. The summed E-state index contributed by atoms with van der Waals surface area (Å²) in [5.74, 6) is -4.28. The molecule has 0 saturated heterocycles. The van der Waals surface area contributed by atoms with Crippen LogP contribution in [0.15, 0.2) is 18.2 Å². The summed E-state index contributed by atoms with van der Waals surface area (Å²) >= 11 is 0. The molecule has 98 valence electrons. The van der Waals surface area contributed by atoms with Gasteiger partial charge in [0.05, 0.1) is 0 Å². The van der Waals surface area contributed by atoms with E-state index in [9.17, 15) is 18.4 Å². The highest BCUT2D eigenvalue weighted by atomic mass is 19.2. The zero-order valence-electron chi connectivity index (χ0n) is 9.56. The van der Waals surface area contributed by atoms with E-state index in [1.54, 1.807) is 0 Å². The standard InChI is InChI=1S/C11H12F2N2O3/c1-15(10(16)9(14)11(17)18)5-6-2-3-7(12)8(13)4-6/h2-4,9H,5,14H2,1H3,(H,17,18). The van der Waals surface area contributed by atoms with E-state index < -0.39 is 29.6 Å². The van der Waals surface area contributed by atoms with Crippen LogP contribution in [0.4, 0.5) is 8.78 Å². The Bertz CT molecular complexity index is 479. The Morgan fingerprint density at radius 3 is 2.50 bits per heavy atom. The number of carbonyl (C=O) groups excluding carboxylic acids is 1. The molecule has 0 saturated carbocycles. The zero-order valence-corrected chi connectivity index (χ0v) is 9.56. The maximum absolute atomic E-state index is 12.9. The molecule has 1 amide bonds.